The molecule has 106 valence electrons. The molecule has 0 atom stereocenters. The Morgan fingerprint density at radius 1 is 1.10 bits per heavy atom. The largest absolute Gasteiger partial charge is 0.326 e. The molecule has 4 heteroatoms. The van der Waals surface area contributed by atoms with Gasteiger partial charge in [0, 0.05) is 27.9 Å². The van der Waals surface area contributed by atoms with Crippen LogP contribution in [0.2, 0.25) is 0 Å². The van der Waals surface area contributed by atoms with Gasteiger partial charge in [-0.05, 0) is 24.0 Å². The number of nitrogens with zero attached hydrogens (tertiary/aromatic N) is 1. The predicted octanol–water partition coefficient (Wildman–Crippen LogP) is 4.66. The van der Waals surface area contributed by atoms with E-state index in [1.165, 1.54) is 4.90 Å². The highest BCUT2D eigenvalue weighted by Gasteiger charge is 2.09. The molecular formula is C17H16N2S2. The maximum Gasteiger partial charge on any atom is 0.124 e. The topological polar surface area (TPSA) is 38.9 Å². The Balaban J connectivity index is 1.95. The first kappa shape index (κ1) is 14.3. The van der Waals surface area contributed by atoms with Gasteiger partial charge in [-0.1, -0.05) is 36.4 Å². The first-order chi connectivity index (χ1) is 10.3. The van der Waals surface area contributed by atoms with Crippen molar-refractivity contribution in [3.8, 4) is 21.8 Å². The number of thiazole rings is 1. The molecule has 2 nitrogen and oxygen atoms in total. The maximum atomic E-state index is 5.81. The molecular weight excluding hydrogens is 296 g/mol. The molecule has 0 amide bonds. The molecule has 2 N–H and O–H groups in total. The molecule has 0 unspecified atom stereocenters. The summed E-state index contributed by atoms with van der Waals surface area (Å²) in [4.78, 5) is 6.04. The van der Waals surface area contributed by atoms with Crippen molar-refractivity contribution in [2.45, 2.75) is 11.4 Å². The number of rotatable bonds is 4. The van der Waals surface area contributed by atoms with Gasteiger partial charge in [-0.2, -0.15) is 0 Å². The van der Waals surface area contributed by atoms with Gasteiger partial charge >= 0.3 is 0 Å². The van der Waals surface area contributed by atoms with Gasteiger partial charge in [0.25, 0.3) is 0 Å². The minimum Gasteiger partial charge on any atom is -0.326 e. The van der Waals surface area contributed by atoms with Crippen molar-refractivity contribution in [2.24, 2.45) is 5.73 Å². The minimum absolute atomic E-state index is 0.535. The molecule has 0 aliphatic rings. The van der Waals surface area contributed by atoms with Crippen molar-refractivity contribution < 1.29 is 0 Å². The van der Waals surface area contributed by atoms with Gasteiger partial charge < -0.3 is 5.73 Å². The third kappa shape index (κ3) is 3.02. The highest BCUT2D eigenvalue weighted by molar-refractivity contribution is 7.98. The van der Waals surface area contributed by atoms with Crippen LogP contribution in [0.1, 0.15) is 5.56 Å². The Morgan fingerprint density at radius 2 is 1.86 bits per heavy atom. The molecule has 0 aliphatic carbocycles. The number of hydrogen-bond donors (Lipinski definition) is 1. The van der Waals surface area contributed by atoms with E-state index in [2.05, 4.69) is 48.0 Å². The standard InChI is InChI=1S/C17H16N2S2/c1-20-14-8-6-12(7-9-14)16-11-21-17(19-16)15-5-3-2-4-13(15)10-18/h2-9,11H,10,18H2,1H3. The summed E-state index contributed by atoms with van der Waals surface area (Å²) in [6.07, 6.45) is 2.08. The van der Waals surface area contributed by atoms with E-state index in [9.17, 15) is 0 Å². The number of aromatic nitrogens is 1. The van der Waals surface area contributed by atoms with E-state index in [4.69, 9.17) is 10.7 Å². The normalized spacial score (nSPS) is 10.8. The number of thioether (sulfide) groups is 1. The van der Waals surface area contributed by atoms with Crippen LogP contribution in [0.25, 0.3) is 21.8 Å². The van der Waals surface area contributed by atoms with Crippen LogP contribution in [0.5, 0.6) is 0 Å². The third-order valence-corrected chi connectivity index (χ3v) is 4.98. The summed E-state index contributed by atoms with van der Waals surface area (Å²) >= 11 is 3.41. The second kappa shape index (κ2) is 6.43. The van der Waals surface area contributed by atoms with Crippen LogP contribution in [0.3, 0.4) is 0 Å². The van der Waals surface area contributed by atoms with Crippen molar-refractivity contribution in [1.29, 1.82) is 0 Å². The molecule has 0 bridgehead atoms. The molecule has 0 radical (unpaired) electrons. The van der Waals surface area contributed by atoms with E-state index < -0.39 is 0 Å². The number of benzene rings is 2. The fourth-order valence-corrected chi connectivity index (χ4v) is 3.50. The lowest BCUT2D eigenvalue weighted by Gasteiger charge is -2.03. The SMILES string of the molecule is CSc1ccc(-c2csc(-c3ccccc3CN)n2)cc1. The summed E-state index contributed by atoms with van der Waals surface area (Å²) in [5.41, 5.74) is 10.3. The molecule has 1 heterocycles. The third-order valence-electron chi connectivity index (χ3n) is 3.36. The van der Waals surface area contributed by atoms with E-state index in [-0.39, 0.29) is 0 Å². The fraction of sp³-hybridized carbons (Fsp3) is 0.118. The van der Waals surface area contributed by atoms with Gasteiger partial charge in [0.1, 0.15) is 5.01 Å². The fourth-order valence-electron chi connectivity index (χ4n) is 2.20. The zero-order valence-electron chi connectivity index (χ0n) is 11.7. The van der Waals surface area contributed by atoms with E-state index in [0.29, 0.717) is 6.54 Å². The molecule has 3 rings (SSSR count). The van der Waals surface area contributed by atoms with Crippen molar-refractivity contribution in [3.05, 3.63) is 59.5 Å². The molecule has 0 aliphatic heterocycles. The molecule has 1 aromatic heterocycles. The van der Waals surface area contributed by atoms with E-state index in [1.54, 1.807) is 23.1 Å². The number of hydrogen-bond acceptors (Lipinski definition) is 4. The minimum atomic E-state index is 0.535. The van der Waals surface area contributed by atoms with Gasteiger partial charge in [0.2, 0.25) is 0 Å². The highest BCUT2D eigenvalue weighted by atomic mass is 32.2. The average Bonchev–Trinajstić information content (AvgIpc) is 3.04. The molecule has 2 aromatic carbocycles. The van der Waals surface area contributed by atoms with Gasteiger partial charge in [0.15, 0.2) is 0 Å². The zero-order chi connectivity index (χ0) is 14.7. The van der Waals surface area contributed by atoms with E-state index in [1.807, 2.05) is 12.1 Å². The second-order valence-corrected chi connectivity index (χ2v) is 6.37. The molecule has 0 saturated carbocycles. The van der Waals surface area contributed by atoms with Crippen molar-refractivity contribution in [3.63, 3.8) is 0 Å². The summed E-state index contributed by atoms with van der Waals surface area (Å²) in [6, 6.07) is 16.7. The van der Waals surface area contributed by atoms with Crippen molar-refractivity contribution >= 4 is 23.1 Å². The van der Waals surface area contributed by atoms with E-state index in [0.717, 1.165) is 27.4 Å². The van der Waals surface area contributed by atoms with Crippen molar-refractivity contribution in [1.82, 2.24) is 4.98 Å². The maximum absolute atomic E-state index is 5.81. The van der Waals surface area contributed by atoms with Crippen LogP contribution in [0, 0.1) is 0 Å². The first-order valence-corrected chi connectivity index (χ1v) is 8.80. The monoisotopic (exact) mass is 312 g/mol. The Hall–Kier alpha value is -1.62. The van der Waals surface area contributed by atoms with Crippen LogP contribution >= 0.6 is 23.1 Å². The quantitative estimate of drug-likeness (QED) is 0.712. The molecule has 0 saturated heterocycles. The Bertz CT molecular complexity index is 733. The smallest absolute Gasteiger partial charge is 0.124 e. The second-order valence-electron chi connectivity index (χ2n) is 4.63. The predicted molar refractivity (Wildman–Crippen MR) is 92.7 cm³/mol. The summed E-state index contributed by atoms with van der Waals surface area (Å²) in [7, 11) is 0. The first-order valence-electron chi connectivity index (χ1n) is 6.70. The summed E-state index contributed by atoms with van der Waals surface area (Å²) in [5.74, 6) is 0. The molecule has 3 aromatic rings. The van der Waals surface area contributed by atoms with E-state index >= 15 is 0 Å². The molecule has 0 spiro atoms. The van der Waals surface area contributed by atoms with Gasteiger partial charge in [-0.3, -0.25) is 0 Å². The van der Waals surface area contributed by atoms with Gasteiger partial charge in [-0.25, -0.2) is 4.98 Å². The van der Waals surface area contributed by atoms with Crippen LogP contribution in [-0.4, -0.2) is 11.2 Å². The Kier molecular flexibility index (Phi) is 4.39. The lowest BCUT2D eigenvalue weighted by molar-refractivity contribution is 1.07. The summed E-state index contributed by atoms with van der Waals surface area (Å²) in [6.45, 7) is 0.535. The highest BCUT2D eigenvalue weighted by Crippen LogP contribution is 2.31. The summed E-state index contributed by atoms with van der Waals surface area (Å²) in [5, 5.41) is 3.14. The van der Waals surface area contributed by atoms with Crippen LogP contribution in [0.4, 0.5) is 0 Å². The Morgan fingerprint density at radius 3 is 2.57 bits per heavy atom. The van der Waals surface area contributed by atoms with Crippen LogP contribution in [-0.2, 0) is 6.54 Å². The lowest BCUT2D eigenvalue weighted by atomic mass is 10.1. The van der Waals surface area contributed by atoms with Crippen molar-refractivity contribution in [2.75, 3.05) is 6.26 Å². The lowest BCUT2D eigenvalue weighted by Crippen LogP contribution is -1.98. The number of nitrogens with two attached hydrogens (primary N) is 1. The van der Waals surface area contributed by atoms with Crippen LogP contribution < -0.4 is 5.73 Å². The van der Waals surface area contributed by atoms with Gasteiger partial charge in [0.05, 0.1) is 5.69 Å². The molecule has 21 heavy (non-hydrogen) atoms. The zero-order valence-corrected chi connectivity index (χ0v) is 13.4. The van der Waals surface area contributed by atoms with Gasteiger partial charge in [-0.15, -0.1) is 23.1 Å². The Labute approximate surface area is 133 Å². The average molecular weight is 312 g/mol. The molecule has 0 fully saturated rings. The van der Waals surface area contributed by atoms with Crippen LogP contribution in [0.15, 0.2) is 58.8 Å². The summed E-state index contributed by atoms with van der Waals surface area (Å²) < 4.78 is 0.